The minimum atomic E-state index is -5.17. The summed E-state index contributed by atoms with van der Waals surface area (Å²) in [7, 11) is -5.17. The molecule has 0 radical (unpaired) electrons. The molecule has 12 heavy (non-hydrogen) atoms. The molecule has 0 heterocycles. The third kappa shape index (κ3) is 132. The van der Waals surface area contributed by atoms with Gasteiger partial charge in [0.1, 0.15) is 0 Å². The maximum atomic E-state index is 8.52. The molecule has 0 aromatic carbocycles. The van der Waals surface area contributed by atoms with Gasteiger partial charge in [-0.25, -0.2) is 0 Å². The normalized spacial score (nSPS) is 7.00. The molecule has 5 nitrogen and oxygen atoms in total. The van der Waals surface area contributed by atoms with Crippen LogP contribution in [0.2, 0.25) is 3.67 Å². The van der Waals surface area contributed by atoms with Gasteiger partial charge in [-0.3, -0.25) is 8.42 Å². The van der Waals surface area contributed by atoms with Gasteiger partial charge >= 0.3 is 103 Å². The first kappa shape index (κ1) is 29.3. The predicted octanol–water partition coefficient (Wildman–Crippen LogP) is -7.40. The Hall–Kier alpha value is 2.57. The van der Waals surface area contributed by atoms with Crippen molar-refractivity contribution in [1.82, 2.24) is 0 Å². The number of hydrogen-bond donors (Lipinski definition) is 0. The summed E-state index contributed by atoms with van der Waals surface area (Å²) in [4.78, 5) is 0. The van der Waals surface area contributed by atoms with E-state index in [0.717, 1.165) is 0 Å². The summed E-state index contributed by atoms with van der Waals surface area (Å²) < 4.78 is 35.3. The van der Waals surface area contributed by atoms with Crippen LogP contribution in [0.4, 0.5) is 0 Å². The molecule has 0 spiro atoms. The smallest absolute Gasteiger partial charge is 0.759 e. The zero-order valence-electron chi connectivity index (χ0n) is 7.53. The van der Waals surface area contributed by atoms with Crippen LogP contribution in [0.3, 0.4) is 0 Å². The first-order valence-corrected chi connectivity index (χ1v) is 4.94. The van der Waals surface area contributed by atoms with E-state index in [2.05, 4.69) is 6.58 Å². The first-order chi connectivity index (χ1) is 3.91. The summed E-state index contributed by atoms with van der Waals surface area (Å²) in [5, 5.41) is 0. The Bertz CT molecular complexity index is 147. The third-order valence-corrected chi connectivity index (χ3v) is 0.866. The van der Waals surface area contributed by atoms with Crippen LogP contribution in [0, 0.1) is 0 Å². The second-order valence-electron chi connectivity index (χ2n) is 1.11. The summed E-state index contributed by atoms with van der Waals surface area (Å²) in [5.74, 6) is 0. The quantitative estimate of drug-likeness (QED) is 0.190. The van der Waals surface area contributed by atoms with E-state index < -0.39 is 10.4 Å². The predicted molar refractivity (Wildman–Crippen MR) is 34.8 cm³/mol. The van der Waals surface area contributed by atoms with Crippen LogP contribution in [0.1, 0.15) is 0 Å². The number of rotatable bonds is 1. The zero-order valence-corrected chi connectivity index (χ0v) is 14.3. The van der Waals surface area contributed by atoms with E-state index >= 15 is 0 Å². The molecule has 0 rings (SSSR count). The summed E-state index contributed by atoms with van der Waals surface area (Å²) in [6.45, 7) is 3.51. The molecule has 0 atom stereocenters. The molecule has 0 fully saturated rings. The van der Waals surface area contributed by atoms with Crippen molar-refractivity contribution >= 4 is 38.3 Å². The topological polar surface area (TPSA) is 112 Å². The van der Waals surface area contributed by atoms with E-state index in [1.165, 1.54) is 31.6 Å². The second kappa shape index (κ2) is 19.2. The fourth-order valence-corrected chi connectivity index (χ4v) is 0. The molecule has 0 aromatic rings. The Morgan fingerprint density at radius 3 is 1.42 bits per heavy atom. The third-order valence-electron chi connectivity index (χ3n) is 0.289. The molecule has 0 amide bonds. The monoisotopic (exact) mass is 224 g/mol. The standard InChI is InChI=1S/C3H5.3Na.H2O4S.H2O/c1-3-2;;;;1-5(2,3)4;/h3H,1-2H2;;;;(H2,1,2,3,4);1H2/q;;2*+1;;/p-2. The Balaban J connectivity index is -0.0000000221. The molecule has 0 saturated heterocycles. The van der Waals surface area contributed by atoms with Crippen LogP contribution in [0.15, 0.2) is 12.7 Å². The molecule has 58 valence electrons. The van der Waals surface area contributed by atoms with Crippen LogP contribution in [-0.4, -0.2) is 50.9 Å². The van der Waals surface area contributed by atoms with Gasteiger partial charge in [0, 0.05) is 10.4 Å². The average molecular weight is 224 g/mol. The Morgan fingerprint density at radius 2 is 1.42 bits per heavy atom. The fourth-order valence-electron chi connectivity index (χ4n) is 0. The van der Waals surface area contributed by atoms with Crippen molar-refractivity contribution in [2.75, 3.05) is 0 Å². The largest absolute Gasteiger partial charge is 1.00 e. The molecule has 0 aliphatic heterocycles. The van der Waals surface area contributed by atoms with Crippen LogP contribution < -0.4 is 59.1 Å². The maximum Gasteiger partial charge on any atom is 1.00 e. The van der Waals surface area contributed by atoms with Crippen LogP contribution in [-0.2, 0) is 10.4 Å². The molecule has 0 saturated carbocycles. The van der Waals surface area contributed by atoms with Crippen molar-refractivity contribution in [3.05, 3.63) is 12.7 Å². The van der Waals surface area contributed by atoms with Gasteiger partial charge in [0.25, 0.3) is 0 Å². The minimum absolute atomic E-state index is 0. The van der Waals surface area contributed by atoms with Gasteiger partial charge in [0.05, 0.1) is 0 Å². The number of hydrogen-bond acceptors (Lipinski definition) is 4. The van der Waals surface area contributed by atoms with Gasteiger partial charge < -0.3 is 14.6 Å². The van der Waals surface area contributed by atoms with Crippen LogP contribution >= 0.6 is 0 Å². The first-order valence-electron chi connectivity index (χ1n) is 2.19. The molecular formula is C3H7Na3O5S. The molecule has 0 unspecified atom stereocenters. The number of allylic oxidation sites excluding steroid dienone is 1. The molecule has 0 aliphatic rings. The maximum absolute atomic E-state index is 8.52. The van der Waals surface area contributed by atoms with Crippen LogP contribution in [0.5, 0.6) is 0 Å². The van der Waals surface area contributed by atoms with E-state index in [-0.39, 0.29) is 64.6 Å². The minimum Gasteiger partial charge on any atom is -0.759 e. The summed E-state index contributed by atoms with van der Waals surface area (Å²) in [6, 6.07) is 0. The van der Waals surface area contributed by atoms with Gasteiger partial charge in [0.2, 0.25) is 0 Å². The van der Waals surface area contributed by atoms with Crippen molar-refractivity contribution in [1.29, 1.82) is 0 Å². The zero-order chi connectivity index (χ0) is 7.91. The average Bonchev–Trinajstić information content (AvgIpc) is 1.61. The van der Waals surface area contributed by atoms with E-state index in [4.69, 9.17) is 17.5 Å². The van der Waals surface area contributed by atoms with Gasteiger partial charge in [-0.1, -0.05) is 0 Å². The van der Waals surface area contributed by atoms with Crippen molar-refractivity contribution in [3.8, 4) is 0 Å². The fraction of sp³-hybridized carbons (Fsp3) is 0.333. The van der Waals surface area contributed by atoms with Crippen molar-refractivity contribution in [3.63, 3.8) is 0 Å². The van der Waals surface area contributed by atoms with Crippen molar-refractivity contribution in [2.45, 2.75) is 3.67 Å². The molecule has 0 aliphatic carbocycles. The van der Waals surface area contributed by atoms with Crippen LogP contribution in [0.25, 0.3) is 0 Å². The van der Waals surface area contributed by atoms with E-state index in [1.54, 1.807) is 0 Å². The summed E-state index contributed by atoms with van der Waals surface area (Å²) in [6.07, 6.45) is 1.94. The Labute approximate surface area is 134 Å². The molecule has 0 bridgehead atoms. The van der Waals surface area contributed by atoms with Gasteiger partial charge in [-0.15, -0.1) is 0 Å². The van der Waals surface area contributed by atoms with Crippen molar-refractivity contribution in [2.24, 2.45) is 0 Å². The van der Waals surface area contributed by atoms with Gasteiger partial charge in [0.15, 0.2) is 0 Å². The molecule has 0 aromatic heterocycles. The molecule has 2 N–H and O–H groups in total. The van der Waals surface area contributed by atoms with E-state index in [1.807, 2.05) is 6.08 Å². The van der Waals surface area contributed by atoms with Gasteiger partial charge in [-0.2, -0.15) is 0 Å². The Kier molecular flexibility index (Phi) is 46.9. The second-order valence-corrected chi connectivity index (χ2v) is 2.74. The molecule has 9 heteroatoms. The Morgan fingerprint density at radius 1 is 1.33 bits per heavy atom. The van der Waals surface area contributed by atoms with E-state index in [0.29, 0.717) is 0 Å². The summed E-state index contributed by atoms with van der Waals surface area (Å²) >= 11 is 1.27. The van der Waals surface area contributed by atoms with E-state index in [9.17, 15) is 0 Å². The van der Waals surface area contributed by atoms with Crippen molar-refractivity contribution < 1.29 is 82.1 Å². The molecular weight excluding hydrogens is 217 g/mol. The van der Waals surface area contributed by atoms with Gasteiger partial charge in [-0.05, 0) is 0 Å². The SMILES string of the molecule is C=C[CH2][Na].O.O=S(=O)([O-])[O-].[Na+].[Na+]. The summed E-state index contributed by atoms with van der Waals surface area (Å²) in [5.41, 5.74) is 0.